The van der Waals surface area contributed by atoms with Crippen molar-refractivity contribution in [2.24, 2.45) is 0 Å². The molecule has 0 N–H and O–H groups in total. The van der Waals surface area contributed by atoms with Gasteiger partial charge in [-0.05, 0) is 17.7 Å². The molecule has 0 saturated heterocycles. The van der Waals surface area contributed by atoms with Gasteiger partial charge in [0.05, 0.1) is 12.5 Å². The summed E-state index contributed by atoms with van der Waals surface area (Å²) >= 11 is 0. The molecule has 0 heterocycles. The highest BCUT2D eigenvalue weighted by molar-refractivity contribution is 6.01. The topological polar surface area (TPSA) is 18.5 Å². The first-order valence-electron chi connectivity index (χ1n) is 9.42. The Morgan fingerprint density at radius 1 is 0.444 bits per heavy atom. The summed E-state index contributed by atoms with van der Waals surface area (Å²) in [5, 5.41) is -3.21. The Labute approximate surface area is 193 Å². The van der Waals surface area contributed by atoms with Crippen LogP contribution >= 0.6 is 0 Å². The molecule has 4 aromatic carbocycles. The molecular weight excluding hydrogens is 517 g/mol. The zero-order valence-electron chi connectivity index (χ0n) is 17.3. The standard InChI is InChI=1S/C23H7F11O2/c1-35-7-4-2-6(3-5-7)8-9-10(13(26)15(28)14(27)12(9)25)22(19(32)11(8)24)36-23-20(33)17(30)16(29)18(31)21(23)34/h2-5H,1H3. The van der Waals surface area contributed by atoms with Gasteiger partial charge in [-0.1, -0.05) is 12.1 Å². The Hall–Kier alpha value is -4.03. The monoisotopic (exact) mass is 524 g/mol. The van der Waals surface area contributed by atoms with Crippen LogP contribution in [0.1, 0.15) is 0 Å². The van der Waals surface area contributed by atoms with Crippen LogP contribution in [-0.4, -0.2) is 7.11 Å². The van der Waals surface area contributed by atoms with Crippen molar-refractivity contribution in [2.75, 3.05) is 7.11 Å². The van der Waals surface area contributed by atoms with Crippen molar-refractivity contribution in [1.82, 2.24) is 0 Å². The highest BCUT2D eigenvalue weighted by Crippen LogP contribution is 2.46. The molecule has 4 aromatic rings. The molecule has 0 bridgehead atoms. The summed E-state index contributed by atoms with van der Waals surface area (Å²) in [5.41, 5.74) is -1.60. The maximum absolute atomic E-state index is 15.1. The molecule has 188 valence electrons. The van der Waals surface area contributed by atoms with Gasteiger partial charge < -0.3 is 9.47 Å². The number of hydrogen-bond acceptors (Lipinski definition) is 2. The normalized spacial score (nSPS) is 11.3. The van der Waals surface area contributed by atoms with Gasteiger partial charge in [-0.3, -0.25) is 0 Å². The third-order valence-corrected chi connectivity index (χ3v) is 5.11. The van der Waals surface area contributed by atoms with Crippen molar-refractivity contribution in [2.45, 2.75) is 0 Å². The molecule has 0 aliphatic carbocycles. The minimum atomic E-state index is -2.66. The molecule has 0 saturated carbocycles. The minimum Gasteiger partial charge on any atom is -0.497 e. The van der Waals surface area contributed by atoms with Crippen molar-refractivity contribution >= 4 is 10.8 Å². The van der Waals surface area contributed by atoms with E-state index in [0.717, 1.165) is 24.3 Å². The van der Waals surface area contributed by atoms with Crippen LogP contribution in [0.2, 0.25) is 0 Å². The average molecular weight is 524 g/mol. The molecule has 0 aromatic heterocycles. The number of ether oxygens (including phenoxy) is 2. The summed E-state index contributed by atoms with van der Waals surface area (Å²) < 4.78 is 166. The highest BCUT2D eigenvalue weighted by atomic mass is 19.2. The molecule has 0 aliphatic heterocycles. The van der Waals surface area contributed by atoms with Crippen molar-refractivity contribution in [1.29, 1.82) is 0 Å². The first-order chi connectivity index (χ1) is 16.9. The van der Waals surface area contributed by atoms with Gasteiger partial charge in [-0.15, -0.1) is 0 Å². The zero-order valence-corrected chi connectivity index (χ0v) is 17.3. The molecule has 4 rings (SSSR count). The minimum absolute atomic E-state index is 0.166. The number of halogens is 11. The van der Waals surface area contributed by atoms with E-state index in [4.69, 9.17) is 4.74 Å². The van der Waals surface area contributed by atoms with E-state index < -0.39 is 97.4 Å². The molecule has 0 unspecified atom stereocenters. The second kappa shape index (κ2) is 8.88. The summed E-state index contributed by atoms with van der Waals surface area (Å²) in [7, 11) is 1.24. The van der Waals surface area contributed by atoms with E-state index in [1.807, 2.05) is 0 Å². The fourth-order valence-electron chi connectivity index (χ4n) is 3.41. The van der Waals surface area contributed by atoms with Crippen LogP contribution in [0.25, 0.3) is 21.9 Å². The van der Waals surface area contributed by atoms with Crippen molar-refractivity contribution in [3.63, 3.8) is 0 Å². The van der Waals surface area contributed by atoms with Crippen LogP contribution in [0.3, 0.4) is 0 Å². The lowest BCUT2D eigenvalue weighted by molar-refractivity contribution is 0.324. The number of benzene rings is 4. The van der Waals surface area contributed by atoms with Crippen LogP contribution in [0.5, 0.6) is 17.2 Å². The maximum Gasteiger partial charge on any atom is 0.207 e. The first kappa shape index (κ1) is 25.1. The van der Waals surface area contributed by atoms with Gasteiger partial charge in [0, 0.05) is 10.9 Å². The maximum atomic E-state index is 15.1. The van der Waals surface area contributed by atoms with Gasteiger partial charge in [0.2, 0.25) is 40.7 Å². The lowest BCUT2D eigenvalue weighted by Gasteiger charge is -2.18. The largest absolute Gasteiger partial charge is 0.497 e. The molecule has 0 fully saturated rings. The number of methoxy groups -OCH3 is 1. The number of fused-ring (bicyclic) bond motifs is 1. The van der Waals surface area contributed by atoms with Crippen LogP contribution in [-0.2, 0) is 0 Å². The van der Waals surface area contributed by atoms with E-state index in [1.54, 1.807) is 0 Å². The molecule has 2 nitrogen and oxygen atoms in total. The SMILES string of the molecule is COc1ccc(-c2c(F)c(F)c(Oc3c(F)c(F)c(F)c(F)c3F)c3c(F)c(F)c(F)c(F)c23)cc1. The van der Waals surface area contributed by atoms with E-state index in [9.17, 15) is 39.5 Å². The van der Waals surface area contributed by atoms with Gasteiger partial charge in [0.25, 0.3) is 0 Å². The molecule has 0 atom stereocenters. The Kier molecular flexibility index (Phi) is 6.18. The van der Waals surface area contributed by atoms with Crippen molar-refractivity contribution < 1.29 is 57.8 Å². The molecule has 0 aliphatic rings. The van der Waals surface area contributed by atoms with Gasteiger partial charge in [0.1, 0.15) is 5.75 Å². The molecule has 13 heteroatoms. The molecular formula is C23H7F11O2. The van der Waals surface area contributed by atoms with Crippen LogP contribution in [0.4, 0.5) is 48.3 Å². The van der Waals surface area contributed by atoms with E-state index in [0.29, 0.717) is 0 Å². The van der Waals surface area contributed by atoms with E-state index in [-0.39, 0.29) is 5.75 Å². The Morgan fingerprint density at radius 2 is 0.861 bits per heavy atom. The Bertz CT molecular complexity index is 1520. The van der Waals surface area contributed by atoms with Crippen molar-refractivity contribution in [3.8, 4) is 28.4 Å². The summed E-state index contributed by atoms with van der Waals surface area (Å²) in [6.45, 7) is 0. The number of rotatable bonds is 4. The number of hydrogen-bond donors (Lipinski definition) is 0. The quantitative estimate of drug-likeness (QED) is 0.154. The lowest BCUT2D eigenvalue weighted by Crippen LogP contribution is -2.08. The van der Waals surface area contributed by atoms with E-state index >= 15 is 8.78 Å². The van der Waals surface area contributed by atoms with Crippen LogP contribution < -0.4 is 9.47 Å². The van der Waals surface area contributed by atoms with E-state index in [1.165, 1.54) is 7.11 Å². The molecule has 0 radical (unpaired) electrons. The van der Waals surface area contributed by atoms with Gasteiger partial charge in [0.15, 0.2) is 34.8 Å². The third-order valence-electron chi connectivity index (χ3n) is 5.11. The lowest BCUT2D eigenvalue weighted by atomic mass is 9.95. The van der Waals surface area contributed by atoms with E-state index in [2.05, 4.69) is 4.74 Å². The fourth-order valence-corrected chi connectivity index (χ4v) is 3.41. The highest BCUT2D eigenvalue weighted by Gasteiger charge is 2.34. The third kappa shape index (κ3) is 3.57. The summed E-state index contributed by atoms with van der Waals surface area (Å²) in [6.07, 6.45) is 0. The molecule has 0 spiro atoms. The Morgan fingerprint density at radius 3 is 1.36 bits per heavy atom. The predicted octanol–water partition coefficient (Wildman–Crippen LogP) is 7.84. The predicted molar refractivity (Wildman–Crippen MR) is 102 cm³/mol. The van der Waals surface area contributed by atoms with Gasteiger partial charge >= 0.3 is 0 Å². The molecule has 0 amide bonds. The summed E-state index contributed by atoms with van der Waals surface area (Å²) in [6, 6.07) is 4.32. The first-order valence-corrected chi connectivity index (χ1v) is 9.42. The van der Waals surface area contributed by atoms with Crippen LogP contribution in [0.15, 0.2) is 24.3 Å². The second-order valence-electron chi connectivity index (χ2n) is 7.07. The fraction of sp³-hybridized carbons (Fsp3) is 0.0435. The van der Waals surface area contributed by atoms with Crippen molar-refractivity contribution in [3.05, 3.63) is 88.3 Å². The molecule has 36 heavy (non-hydrogen) atoms. The second-order valence-corrected chi connectivity index (χ2v) is 7.07. The summed E-state index contributed by atoms with van der Waals surface area (Å²) in [4.78, 5) is 0. The zero-order chi connectivity index (χ0) is 26.6. The summed E-state index contributed by atoms with van der Waals surface area (Å²) in [5.74, 6) is -31.4. The average Bonchev–Trinajstić information content (AvgIpc) is 2.88. The van der Waals surface area contributed by atoms with Gasteiger partial charge in [-0.2, -0.15) is 13.2 Å². The Balaban J connectivity index is 2.15. The van der Waals surface area contributed by atoms with Gasteiger partial charge in [-0.25, -0.2) is 35.1 Å². The van der Waals surface area contributed by atoms with Crippen LogP contribution in [0, 0.1) is 64.0 Å². The smallest absolute Gasteiger partial charge is 0.207 e.